The van der Waals surface area contributed by atoms with E-state index >= 15 is 0 Å². The maximum absolute atomic E-state index is 13.5. The van der Waals surface area contributed by atoms with Gasteiger partial charge in [0.1, 0.15) is 10.7 Å². The average molecular weight is 650 g/mol. The van der Waals surface area contributed by atoms with Gasteiger partial charge < -0.3 is 14.2 Å². The quantitative estimate of drug-likeness (QED) is 0.104. The molecule has 18 heteroatoms. The molecular formula is C26H31N7O9S2. The topological polar surface area (TPSA) is 217 Å². The van der Waals surface area contributed by atoms with Gasteiger partial charge in [0.15, 0.2) is 0 Å². The summed E-state index contributed by atoms with van der Waals surface area (Å²) in [6.45, 7) is 5.18. The van der Waals surface area contributed by atoms with E-state index in [0.29, 0.717) is 12.8 Å². The van der Waals surface area contributed by atoms with Crippen LogP contribution in [0, 0.1) is 6.92 Å². The number of anilines is 1. The lowest BCUT2D eigenvalue weighted by atomic mass is 10.2. The van der Waals surface area contributed by atoms with Crippen LogP contribution < -0.4 is 20.3 Å². The van der Waals surface area contributed by atoms with Crippen LogP contribution in [0.1, 0.15) is 53.2 Å². The fourth-order valence-electron chi connectivity index (χ4n) is 3.40. The second-order valence-electron chi connectivity index (χ2n) is 8.73. The van der Waals surface area contributed by atoms with Crippen LogP contribution in [0.25, 0.3) is 0 Å². The third-order valence-electron chi connectivity index (χ3n) is 5.31. The maximum atomic E-state index is 13.5. The van der Waals surface area contributed by atoms with Crippen molar-refractivity contribution >= 4 is 43.9 Å². The van der Waals surface area contributed by atoms with Gasteiger partial charge in [-0.1, -0.05) is 38.1 Å². The highest BCUT2D eigenvalue weighted by atomic mass is 32.2. The number of hydrogen-bond donors (Lipinski definition) is 3. The van der Waals surface area contributed by atoms with E-state index < -0.39 is 47.7 Å². The number of nitrogens with zero attached hydrogens (tertiary/aromatic N) is 4. The molecule has 0 unspecified atom stereocenters. The van der Waals surface area contributed by atoms with Crippen LogP contribution in [0.2, 0.25) is 0 Å². The van der Waals surface area contributed by atoms with Crippen molar-refractivity contribution < 1.29 is 40.6 Å². The third-order valence-corrected chi connectivity index (χ3v) is 7.95. The molecular weight excluding hydrogens is 618 g/mol. The van der Waals surface area contributed by atoms with Crippen molar-refractivity contribution in [1.29, 1.82) is 0 Å². The van der Waals surface area contributed by atoms with E-state index in [-0.39, 0.29) is 42.1 Å². The van der Waals surface area contributed by atoms with E-state index in [4.69, 9.17) is 14.2 Å². The summed E-state index contributed by atoms with van der Waals surface area (Å²) in [5.74, 6) is -2.60. The molecule has 3 N–H and O–H groups in total. The molecule has 1 aromatic heterocycles. The van der Waals surface area contributed by atoms with Crippen LogP contribution >= 0.6 is 0 Å². The van der Waals surface area contributed by atoms with Crippen molar-refractivity contribution in [2.24, 2.45) is 4.40 Å². The summed E-state index contributed by atoms with van der Waals surface area (Å²) in [6, 6.07) is 10.3. The summed E-state index contributed by atoms with van der Waals surface area (Å²) < 4.78 is 72.4. The van der Waals surface area contributed by atoms with Crippen LogP contribution in [0.5, 0.6) is 6.01 Å². The van der Waals surface area contributed by atoms with Gasteiger partial charge in [0.2, 0.25) is 11.9 Å². The molecule has 0 aliphatic carbocycles. The highest BCUT2D eigenvalue weighted by Gasteiger charge is 2.26. The predicted octanol–water partition coefficient (Wildman–Crippen LogP) is 1.96. The molecule has 0 fully saturated rings. The first-order valence-electron chi connectivity index (χ1n) is 13.1. The number of methoxy groups -OCH3 is 1. The zero-order valence-electron chi connectivity index (χ0n) is 24.2. The van der Waals surface area contributed by atoms with Crippen LogP contribution in [0.3, 0.4) is 0 Å². The summed E-state index contributed by atoms with van der Waals surface area (Å²) >= 11 is 0. The van der Waals surface area contributed by atoms with E-state index in [1.54, 1.807) is 13.8 Å². The van der Waals surface area contributed by atoms with E-state index in [2.05, 4.69) is 30.1 Å². The minimum absolute atomic E-state index is 0.0562. The Bertz CT molecular complexity index is 1750. The highest BCUT2D eigenvalue weighted by Crippen LogP contribution is 2.20. The molecule has 0 spiro atoms. The number of hydrogen-bond acceptors (Lipinski definition) is 12. The Hall–Kier alpha value is -4.68. The molecule has 0 saturated carbocycles. The molecule has 3 rings (SSSR count). The van der Waals surface area contributed by atoms with Crippen molar-refractivity contribution in [2.75, 3.05) is 25.6 Å². The molecule has 0 saturated heterocycles. The summed E-state index contributed by atoms with van der Waals surface area (Å²) in [5.41, 5.74) is 1.65. The largest absolute Gasteiger partial charge is 0.467 e. The number of ether oxygens (including phenoxy) is 3. The Kier molecular flexibility index (Phi) is 11.7. The zero-order chi connectivity index (χ0) is 32.3. The number of nitrogens with one attached hydrogen (secondary N) is 3. The molecule has 0 atom stereocenters. The molecule has 0 bridgehead atoms. The molecule has 0 aliphatic heterocycles. The SMILES string of the molecule is CCCOC(=O)c1ccccc1S(=O)(=O)N=C(NNS(=O)(=O)c1ccccc1C(=O)OCCC)Nc1nc(C)nc(OC)n1. The van der Waals surface area contributed by atoms with Gasteiger partial charge in [0.25, 0.3) is 20.0 Å². The van der Waals surface area contributed by atoms with Crippen molar-refractivity contribution in [3.8, 4) is 6.01 Å². The van der Waals surface area contributed by atoms with Crippen molar-refractivity contribution in [3.63, 3.8) is 0 Å². The van der Waals surface area contributed by atoms with Gasteiger partial charge in [-0.15, -0.1) is 9.23 Å². The lowest BCUT2D eigenvalue weighted by Crippen LogP contribution is -2.45. The first kappa shape index (κ1) is 33.8. The van der Waals surface area contributed by atoms with Gasteiger partial charge >= 0.3 is 17.9 Å². The molecule has 0 amide bonds. The van der Waals surface area contributed by atoms with Gasteiger partial charge in [-0.25, -0.2) is 18.0 Å². The normalized spacial score (nSPS) is 11.9. The number of guanidine groups is 1. The second-order valence-corrected chi connectivity index (χ2v) is 12.0. The van der Waals surface area contributed by atoms with Gasteiger partial charge in [-0.2, -0.15) is 23.4 Å². The fraction of sp³-hybridized carbons (Fsp3) is 0.308. The van der Waals surface area contributed by atoms with Crippen LogP contribution in [0.4, 0.5) is 5.95 Å². The van der Waals surface area contributed by atoms with E-state index in [0.717, 1.165) is 12.1 Å². The van der Waals surface area contributed by atoms with Gasteiger partial charge in [-0.3, -0.25) is 10.7 Å². The molecule has 0 radical (unpaired) electrons. The number of benzene rings is 2. The molecule has 16 nitrogen and oxygen atoms in total. The number of esters is 2. The Morgan fingerprint density at radius 2 is 1.36 bits per heavy atom. The second kappa shape index (κ2) is 15.2. The number of sulfonamides is 2. The van der Waals surface area contributed by atoms with Gasteiger partial charge in [-0.05, 0) is 44.0 Å². The first-order chi connectivity index (χ1) is 20.9. The molecule has 44 heavy (non-hydrogen) atoms. The Morgan fingerprint density at radius 3 is 1.93 bits per heavy atom. The lowest BCUT2D eigenvalue weighted by Gasteiger charge is -2.15. The summed E-state index contributed by atoms with van der Waals surface area (Å²) in [7, 11) is -7.98. The Balaban J connectivity index is 2.04. The molecule has 3 aromatic rings. The lowest BCUT2D eigenvalue weighted by molar-refractivity contribution is 0.0491. The average Bonchev–Trinajstić information content (AvgIpc) is 3.00. The first-order valence-corrected chi connectivity index (χ1v) is 16.0. The number of hydrazine groups is 1. The minimum Gasteiger partial charge on any atom is -0.467 e. The van der Waals surface area contributed by atoms with Crippen LogP contribution in [-0.4, -0.2) is 70.0 Å². The van der Waals surface area contributed by atoms with E-state index in [1.807, 2.05) is 4.83 Å². The highest BCUT2D eigenvalue weighted by molar-refractivity contribution is 7.90. The van der Waals surface area contributed by atoms with Crippen molar-refractivity contribution in [2.45, 2.75) is 43.4 Å². The summed E-state index contributed by atoms with van der Waals surface area (Å²) in [5, 5.41) is 2.48. The van der Waals surface area contributed by atoms with Crippen LogP contribution in [-0.2, 0) is 29.5 Å². The van der Waals surface area contributed by atoms with Crippen molar-refractivity contribution in [1.82, 2.24) is 25.2 Å². The van der Waals surface area contributed by atoms with E-state index in [1.165, 1.54) is 50.4 Å². The number of rotatable bonds is 13. The molecule has 1 heterocycles. The predicted molar refractivity (Wildman–Crippen MR) is 157 cm³/mol. The Morgan fingerprint density at radius 1 is 0.818 bits per heavy atom. The number of aryl methyl sites for hydroxylation is 1. The summed E-state index contributed by atoms with van der Waals surface area (Å²) in [4.78, 5) is 38.0. The minimum atomic E-state index is -4.72. The van der Waals surface area contributed by atoms with Crippen LogP contribution in [0.15, 0.2) is 62.7 Å². The fourth-order valence-corrected chi connectivity index (χ4v) is 5.55. The molecule has 0 aliphatic rings. The third kappa shape index (κ3) is 8.91. The van der Waals surface area contributed by atoms with Gasteiger partial charge in [0, 0.05) is 0 Å². The number of carbonyl (C=O) groups excluding carboxylic acids is 2. The smallest absolute Gasteiger partial charge is 0.339 e. The summed E-state index contributed by atoms with van der Waals surface area (Å²) in [6.07, 6.45) is 1.02. The van der Waals surface area contributed by atoms with Crippen molar-refractivity contribution in [3.05, 3.63) is 65.5 Å². The standard InChI is InChI=1S/C26H31N7O9S2/c1-5-15-41-22(34)18-11-7-9-13-20(18)43(36,37)32-25(29-24-27-17(3)28-26(30-24)40-4)31-33-44(38,39)21-14-10-8-12-19(21)23(35)42-16-6-2/h7-14,33H,5-6,15-16H2,1-4H3,(H2,27,28,29,30,31,32). The number of carbonyl (C=O) groups is 2. The van der Waals surface area contributed by atoms with Gasteiger partial charge in [0.05, 0.1) is 36.3 Å². The maximum Gasteiger partial charge on any atom is 0.339 e. The Labute approximate surface area is 254 Å². The molecule has 2 aromatic carbocycles. The monoisotopic (exact) mass is 649 g/mol. The number of aromatic nitrogens is 3. The van der Waals surface area contributed by atoms with E-state index in [9.17, 15) is 26.4 Å². The molecule has 236 valence electrons. The zero-order valence-corrected chi connectivity index (χ0v) is 25.9.